The quantitative estimate of drug-likeness (QED) is 0.781. The highest BCUT2D eigenvalue weighted by Gasteiger charge is 2.29. The third-order valence-corrected chi connectivity index (χ3v) is 4.92. The predicted octanol–water partition coefficient (Wildman–Crippen LogP) is 4.03. The maximum Gasteiger partial charge on any atom is 0.322 e. The summed E-state index contributed by atoms with van der Waals surface area (Å²) in [7, 11) is 0. The molecule has 4 nitrogen and oxygen atoms in total. The SMILES string of the molecule is O=C(Nc1ccc(C2=CCNCC2)cc1)N1Cc2cc(F)c(F)c(F)c2C1. The normalized spacial score (nSPS) is 16.1. The molecule has 2 aromatic carbocycles. The third kappa shape index (κ3) is 3.42. The summed E-state index contributed by atoms with van der Waals surface area (Å²) in [5.41, 5.74) is 3.29. The Bertz CT molecular complexity index is 925. The van der Waals surface area contributed by atoms with E-state index in [0.29, 0.717) is 5.69 Å². The van der Waals surface area contributed by atoms with Gasteiger partial charge in [-0.1, -0.05) is 18.2 Å². The summed E-state index contributed by atoms with van der Waals surface area (Å²) in [4.78, 5) is 13.8. The molecule has 2 aliphatic heterocycles. The first-order valence-electron chi connectivity index (χ1n) is 8.74. The second-order valence-electron chi connectivity index (χ2n) is 6.67. The molecule has 0 aliphatic carbocycles. The van der Waals surface area contributed by atoms with Crippen LogP contribution in [0.15, 0.2) is 36.4 Å². The Morgan fingerprint density at radius 1 is 1.07 bits per heavy atom. The van der Waals surface area contributed by atoms with E-state index in [2.05, 4.69) is 16.7 Å². The van der Waals surface area contributed by atoms with Gasteiger partial charge in [0.05, 0.1) is 6.54 Å². The van der Waals surface area contributed by atoms with E-state index in [-0.39, 0.29) is 24.2 Å². The average Bonchev–Trinajstić information content (AvgIpc) is 3.12. The van der Waals surface area contributed by atoms with Crippen LogP contribution in [0.25, 0.3) is 5.57 Å². The Balaban J connectivity index is 1.44. The molecule has 2 amide bonds. The van der Waals surface area contributed by atoms with Gasteiger partial charge in [0.15, 0.2) is 17.5 Å². The molecule has 2 aromatic rings. The molecule has 140 valence electrons. The van der Waals surface area contributed by atoms with Crippen molar-refractivity contribution in [3.63, 3.8) is 0 Å². The van der Waals surface area contributed by atoms with Gasteiger partial charge >= 0.3 is 6.03 Å². The number of fused-ring (bicyclic) bond motifs is 1. The first-order valence-corrected chi connectivity index (χ1v) is 8.74. The van der Waals surface area contributed by atoms with Crippen LogP contribution >= 0.6 is 0 Å². The number of hydrogen-bond acceptors (Lipinski definition) is 2. The van der Waals surface area contributed by atoms with Crippen molar-refractivity contribution in [2.45, 2.75) is 19.5 Å². The van der Waals surface area contributed by atoms with Gasteiger partial charge in [-0.3, -0.25) is 0 Å². The number of anilines is 1. The summed E-state index contributed by atoms with van der Waals surface area (Å²) in [6.45, 7) is 1.73. The van der Waals surface area contributed by atoms with Crippen molar-refractivity contribution in [3.05, 3.63) is 70.5 Å². The fourth-order valence-corrected chi connectivity index (χ4v) is 3.44. The zero-order valence-corrected chi connectivity index (χ0v) is 14.5. The smallest absolute Gasteiger partial charge is 0.316 e. The number of rotatable bonds is 2. The summed E-state index contributed by atoms with van der Waals surface area (Å²) >= 11 is 0. The maximum atomic E-state index is 13.9. The first-order chi connectivity index (χ1) is 13.0. The van der Waals surface area contributed by atoms with Crippen molar-refractivity contribution in [1.82, 2.24) is 10.2 Å². The van der Waals surface area contributed by atoms with Crippen LogP contribution in [0, 0.1) is 17.5 Å². The van der Waals surface area contributed by atoms with Crippen molar-refractivity contribution in [2.75, 3.05) is 18.4 Å². The fraction of sp³-hybridized carbons (Fsp3) is 0.250. The molecule has 0 aromatic heterocycles. The van der Waals surface area contributed by atoms with Crippen LogP contribution < -0.4 is 10.6 Å². The van der Waals surface area contributed by atoms with E-state index in [0.717, 1.165) is 31.1 Å². The highest BCUT2D eigenvalue weighted by Crippen LogP contribution is 2.29. The zero-order chi connectivity index (χ0) is 19.0. The van der Waals surface area contributed by atoms with Crippen LogP contribution in [-0.4, -0.2) is 24.0 Å². The van der Waals surface area contributed by atoms with E-state index >= 15 is 0 Å². The van der Waals surface area contributed by atoms with E-state index in [1.807, 2.05) is 12.1 Å². The second kappa shape index (κ2) is 7.08. The molecule has 0 saturated carbocycles. The van der Waals surface area contributed by atoms with E-state index in [9.17, 15) is 18.0 Å². The lowest BCUT2D eigenvalue weighted by Gasteiger charge is -2.17. The highest BCUT2D eigenvalue weighted by molar-refractivity contribution is 5.90. The molecule has 2 N–H and O–H groups in total. The van der Waals surface area contributed by atoms with Gasteiger partial charge in [0.2, 0.25) is 0 Å². The number of carbonyl (C=O) groups excluding carboxylic acids is 1. The Hall–Kier alpha value is -2.80. The van der Waals surface area contributed by atoms with Crippen LogP contribution in [0.4, 0.5) is 23.7 Å². The van der Waals surface area contributed by atoms with Gasteiger partial charge in [-0.2, -0.15) is 0 Å². The van der Waals surface area contributed by atoms with E-state index in [1.165, 1.54) is 10.5 Å². The first kappa shape index (κ1) is 17.6. The van der Waals surface area contributed by atoms with Crippen molar-refractivity contribution >= 4 is 17.3 Å². The average molecular weight is 373 g/mol. The molecule has 2 aliphatic rings. The largest absolute Gasteiger partial charge is 0.322 e. The molecule has 0 unspecified atom stereocenters. The van der Waals surface area contributed by atoms with Crippen LogP contribution in [0.1, 0.15) is 23.1 Å². The highest BCUT2D eigenvalue weighted by atomic mass is 19.2. The molecule has 7 heteroatoms. The van der Waals surface area contributed by atoms with Gasteiger partial charge in [0.25, 0.3) is 0 Å². The van der Waals surface area contributed by atoms with Crippen molar-refractivity contribution in [3.8, 4) is 0 Å². The van der Waals surface area contributed by atoms with Gasteiger partial charge in [-0.25, -0.2) is 18.0 Å². The minimum atomic E-state index is -1.50. The Kier molecular flexibility index (Phi) is 4.61. The summed E-state index contributed by atoms with van der Waals surface area (Å²) < 4.78 is 40.6. The standard InChI is InChI=1S/C20H18F3N3O/c21-17-9-14-10-26(11-16(14)18(22)19(17)23)20(27)25-15-3-1-12(2-4-15)13-5-7-24-8-6-13/h1-5,9,24H,6-8,10-11H2,(H,25,27). The summed E-state index contributed by atoms with van der Waals surface area (Å²) in [5, 5.41) is 6.00. The molecule has 0 fully saturated rings. The zero-order valence-electron chi connectivity index (χ0n) is 14.5. The Morgan fingerprint density at radius 3 is 2.56 bits per heavy atom. The molecule has 0 atom stereocenters. The molecule has 0 radical (unpaired) electrons. The van der Waals surface area contributed by atoms with Crippen LogP contribution in [0.3, 0.4) is 0 Å². The third-order valence-electron chi connectivity index (χ3n) is 4.92. The number of halogens is 3. The van der Waals surface area contributed by atoms with Gasteiger partial charge in [-0.05, 0) is 47.9 Å². The molecule has 2 heterocycles. The number of amides is 2. The maximum absolute atomic E-state index is 13.9. The van der Waals surface area contributed by atoms with E-state index in [4.69, 9.17) is 0 Å². The number of benzene rings is 2. The molecule has 0 bridgehead atoms. The van der Waals surface area contributed by atoms with Gasteiger partial charge in [0, 0.05) is 24.3 Å². The lowest BCUT2D eigenvalue weighted by atomic mass is 10.0. The van der Waals surface area contributed by atoms with Crippen LogP contribution in [0.5, 0.6) is 0 Å². The number of hydrogen-bond donors (Lipinski definition) is 2. The molecule has 0 saturated heterocycles. The molecular formula is C20H18F3N3O. The molecular weight excluding hydrogens is 355 g/mol. The minimum Gasteiger partial charge on any atom is -0.316 e. The molecule has 27 heavy (non-hydrogen) atoms. The van der Waals surface area contributed by atoms with Crippen molar-refractivity contribution in [2.24, 2.45) is 0 Å². The topological polar surface area (TPSA) is 44.4 Å². The van der Waals surface area contributed by atoms with Gasteiger partial charge < -0.3 is 15.5 Å². The fourth-order valence-electron chi connectivity index (χ4n) is 3.44. The van der Waals surface area contributed by atoms with Gasteiger partial charge in [-0.15, -0.1) is 0 Å². The predicted molar refractivity (Wildman–Crippen MR) is 96.5 cm³/mol. The summed E-state index contributed by atoms with van der Waals surface area (Å²) in [6.07, 6.45) is 3.10. The monoisotopic (exact) mass is 373 g/mol. The lowest BCUT2D eigenvalue weighted by molar-refractivity contribution is 0.212. The number of carbonyl (C=O) groups is 1. The van der Waals surface area contributed by atoms with Crippen LogP contribution in [0.2, 0.25) is 0 Å². The second-order valence-corrected chi connectivity index (χ2v) is 6.67. The number of urea groups is 1. The van der Waals surface area contributed by atoms with Gasteiger partial charge in [0.1, 0.15) is 0 Å². The van der Waals surface area contributed by atoms with E-state index < -0.39 is 23.5 Å². The Morgan fingerprint density at radius 2 is 1.85 bits per heavy atom. The van der Waals surface area contributed by atoms with E-state index in [1.54, 1.807) is 12.1 Å². The number of nitrogens with zero attached hydrogens (tertiary/aromatic N) is 1. The molecule has 0 spiro atoms. The number of nitrogens with one attached hydrogen (secondary N) is 2. The minimum absolute atomic E-state index is 0.0252. The van der Waals surface area contributed by atoms with Crippen LogP contribution in [-0.2, 0) is 13.1 Å². The Labute approximate surface area is 154 Å². The lowest BCUT2D eigenvalue weighted by Crippen LogP contribution is -2.30. The van der Waals surface area contributed by atoms with Crippen molar-refractivity contribution in [1.29, 1.82) is 0 Å². The van der Waals surface area contributed by atoms with Crippen molar-refractivity contribution < 1.29 is 18.0 Å². The summed E-state index contributed by atoms with van der Waals surface area (Å²) in [5.74, 6) is -3.96. The summed E-state index contributed by atoms with van der Waals surface area (Å²) in [6, 6.07) is 7.99. The molecule has 4 rings (SSSR count).